The third-order valence-electron chi connectivity index (χ3n) is 1.04. The van der Waals surface area contributed by atoms with E-state index in [2.05, 4.69) is 0 Å². The Bertz CT molecular complexity index is 239. The van der Waals surface area contributed by atoms with Crippen LogP contribution in [0.4, 0.5) is 0 Å². The third kappa shape index (κ3) is 2.93. The fourth-order valence-electron chi connectivity index (χ4n) is 0.538. The predicted octanol–water partition coefficient (Wildman–Crippen LogP) is -0.740. The maximum atomic E-state index is 10.4. The Morgan fingerprint density at radius 2 is 1.08 bits per heavy atom. The maximum Gasteiger partial charge on any atom is 0.224 e. The fraction of sp³-hybridized carbons (Fsp3) is 0. The van der Waals surface area contributed by atoms with E-state index >= 15 is 0 Å². The van der Waals surface area contributed by atoms with Crippen LogP contribution in [0.1, 0.15) is 0 Å². The van der Waals surface area contributed by atoms with E-state index in [1.807, 2.05) is 0 Å². The first-order chi connectivity index (χ1) is 4.61. The Morgan fingerprint density at radius 3 is 1.33 bits per heavy atom. The number of rotatable bonds is 0. The summed E-state index contributed by atoms with van der Waals surface area (Å²) in [5.41, 5.74) is 0. The van der Waals surface area contributed by atoms with Crippen LogP contribution in [0.2, 0.25) is 0 Å². The van der Waals surface area contributed by atoms with Crippen molar-refractivity contribution in [3.05, 3.63) is 23.7 Å². The van der Waals surface area contributed by atoms with Gasteiger partial charge in [0.1, 0.15) is 0 Å². The van der Waals surface area contributed by atoms with Crippen molar-refractivity contribution in [3.63, 3.8) is 0 Å². The van der Waals surface area contributed by atoms with Crippen molar-refractivity contribution in [2.45, 2.75) is 0 Å². The molecule has 0 aliphatic heterocycles. The molecule has 0 amide bonds. The van der Waals surface area contributed by atoms with Crippen molar-refractivity contribution in [2.75, 3.05) is 0 Å². The zero-order valence-electron chi connectivity index (χ0n) is 6.87. The number of ketones is 2. The summed E-state index contributed by atoms with van der Waals surface area (Å²) in [6, 6.07) is 0. The molecule has 0 unspecified atom stereocenters. The predicted molar refractivity (Wildman–Crippen MR) is 42.9 cm³/mol. The van der Waals surface area contributed by atoms with E-state index in [0.717, 1.165) is 0 Å². The van der Waals surface area contributed by atoms with Crippen LogP contribution in [-0.4, -0.2) is 59.5 Å². The molecule has 4 nitrogen and oxygen atoms in total. The van der Waals surface area contributed by atoms with Crippen LogP contribution in [0.15, 0.2) is 23.7 Å². The maximum absolute atomic E-state index is 10.4. The summed E-state index contributed by atoms with van der Waals surface area (Å²) < 4.78 is 0. The molecule has 0 aromatic carbocycles. The van der Waals surface area contributed by atoms with Crippen molar-refractivity contribution >= 4 is 49.3 Å². The zero-order valence-corrected chi connectivity index (χ0v) is 6.87. The van der Waals surface area contributed by atoms with Gasteiger partial charge in [-0.1, -0.05) is 0 Å². The first-order valence-electron chi connectivity index (χ1n) is 2.51. The van der Waals surface area contributed by atoms with E-state index < -0.39 is 23.1 Å². The van der Waals surface area contributed by atoms with Crippen molar-refractivity contribution in [2.24, 2.45) is 0 Å². The van der Waals surface area contributed by atoms with Crippen molar-refractivity contribution < 1.29 is 19.8 Å². The molecule has 0 saturated heterocycles. The third-order valence-corrected chi connectivity index (χ3v) is 1.04. The summed E-state index contributed by atoms with van der Waals surface area (Å²) in [6.07, 6.45) is 1.36. The van der Waals surface area contributed by atoms with Gasteiger partial charge in [-0.25, -0.2) is 0 Å². The molecular weight excluding hydrogens is 150 g/mol. The second-order valence-corrected chi connectivity index (χ2v) is 1.79. The Kier molecular flexibility index (Phi) is 6.25. The van der Waals surface area contributed by atoms with Crippen molar-refractivity contribution in [1.29, 1.82) is 0 Å². The smallest absolute Gasteiger partial charge is 0.224 e. The summed E-state index contributed by atoms with van der Waals surface area (Å²) in [4.78, 5) is 20.9. The Morgan fingerprint density at radius 1 is 0.833 bits per heavy atom. The van der Waals surface area contributed by atoms with Crippen LogP contribution < -0.4 is 0 Å². The average molecular weight is 154 g/mol. The monoisotopic (exact) mass is 154 g/mol. The van der Waals surface area contributed by atoms with E-state index in [0.29, 0.717) is 12.2 Å². The molecule has 0 bridgehead atoms. The molecule has 0 saturated carbocycles. The van der Waals surface area contributed by atoms with Crippen LogP contribution in [-0.2, 0) is 9.59 Å². The number of hydrogen-bond donors (Lipinski definition) is 2. The summed E-state index contributed by atoms with van der Waals surface area (Å²) in [5, 5.41) is 17.2. The van der Waals surface area contributed by atoms with Gasteiger partial charge in [-0.2, -0.15) is 0 Å². The van der Waals surface area contributed by atoms with Gasteiger partial charge in [0.2, 0.25) is 11.6 Å². The summed E-state index contributed by atoms with van der Waals surface area (Å²) in [5.74, 6) is -2.78. The molecule has 12 heavy (non-hydrogen) atoms. The first-order valence-corrected chi connectivity index (χ1v) is 2.51. The molecule has 1 aliphatic rings. The molecular formula is C6H4Li2O4. The zero-order chi connectivity index (χ0) is 7.72. The molecule has 2 N–H and O–H groups in total. The van der Waals surface area contributed by atoms with Crippen LogP contribution >= 0.6 is 0 Å². The van der Waals surface area contributed by atoms with E-state index in [9.17, 15) is 9.59 Å². The van der Waals surface area contributed by atoms with Gasteiger partial charge in [-0.3, -0.25) is 9.59 Å². The Balaban J connectivity index is 0. The molecule has 0 aromatic heterocycles. The number of hydrogen-bond acceptors (Lipinski definition) is 4. The molecule has 2 radical (unpaired) electrons. The van der Waals surface area contributed by atoms with Gasteiger partial charge in [-0.05, 0) is 0 Å². The summed E-state index contributed by atoms with van der Waals surface area (Å²) in [7, 11) is 0. The molecule has 6 heteroatoms. The van der Waals surface area contributed by atoms with Gasteiger partial charge in [0, 0.05) is 49.9 Å². The minimum absolute atomic E-state index is 0. The summed E-state index contributed by atoms with van der Waals surface area (Å²) >= 11 is 0. The average Bonchev–Trinajstić information content (AvgIpc) is 1.84. The van der Waals surface area contributed by atoms with E-state index in [1.165, 1.54) is 0 Å². The Hall–Kier alpha value is -0.385. The molecule has 0 atom stereocenters. The minimum Gasteiger partial charge on any atom is -0.504 e. The largest absolute Gasteiger partial charge is 0.504 e. The molecule has 0 heterocycles. The molecule has 1 aliphatic carbocycles. The molecule has 0 aromatic rings. The topological polar surface area (TPSA) is 74.6 Å². The normalized spacial score (nSPS) is 15.3. The van der Waals surface area contributed by atoms with E-state index in [-0.39, 0.29) is 37.7 Å². The second-order valence-electron chi connectivity index (χ2n) is 1.79. The standard InChI is InChI=1S/C6H4O4.2Li/c7-3-1-4(8)6(10)2-5(3)9;;/h1-2,7,10H;;. The quantitative estimate of drug-likeness (QED) is 0.356. The van der Waals surface area contributed by atoms with Gasteiger partial charge >= 0.3 is 0 Å². The minimum atomic E-state index is -0.753. The van der Waals surface area contributed by atoms with Gasteiger partial charge in [-0.15, -0.1) is 0 Å². The van der Waals surface area contributed by atoms with Crippen molar-refractivity contribution in [3.8, 4) is 0 Å². The summed E-state index contributed by atoms with van der Waals surface area (Å²) in [6.45, 7) is 0. The SMILES string of the molecule is O=C1C=C(O)C(=O)C=C1O.[Li].[Li]. The molecule has 54 valence electrons. The van der Waals surface area contributed by atoms with Crippen LogP contribution in [0.25, 0.3) is 0 Å². The van der Waals surface area contributed by atoms with Gasteiger partial charge in [0.25, 0.3) is 0 Å². The van der Waals surface area contributed by atoms with Crippen LogP contribution in [0, 0.1) is 0 Å². The number of allylic oxidation sites excluding steroid dienone is 2. The van der Waals surface area contributed by atoms with Crippen LogP contribution in [0.3, 0.4) is 0 Å². The first kappa shape index (κ1) is 14.2. The van der Waals surface area contributed by atoms with E-state index in [1.54, 1.807) is 0 Å². The van der Waals surface area contributed by atoms with Crippen molar-refractivity contribution in [1.82, 2.24) is 0 Å². The van der Waals surface area contributed by atoms with E-state index in [4.69, 9.17) is 10.2 Å². The van der Waals surface area contributed by atoms with Gasteiger partial charge in [0.05, 0.1) is 0 Å². The fourth-order valence-corrected chi connectivity index (χ4v) is 0.538. The number of aliphatic hydroxyl groups is 2. The molecule has 0 fully saturated rings. The van der Waals surface area contributed by atoms with Crippen LogP contribution in [0.5, 0.6) is 0 Å². The molecule has 1 rings (SSSR count). The van der Waals surface area contributed by atoms with Gasteiger partial charge < -0.3 is 10.2 Å². The number of carbonyl (C=O) groups excluding carboxylic acids is 2. The Labute approximate surface area is 92.7 Å². The molecule has 0 spiro atoms. The second kappa shape index (κ2) is 5.29. The van der Waals surface area contributed by atoms with Gasteiger partial charge in [0.15, 0.2) is 11.5 Å². The number of carbonyl (C=O) groups is 2. The number of aliphatic hydroxyl groups excluding tert-OH is 2.